The van der Waals surface area contributed by atoms with Gasteiger partial charge in [0.25, 0.3) is 5.91 Å². The van der Waals surface area contributed by atoms with Crippen molar-refractivity contribution in [2.45, 2.75) is 0 Å². The van der Waals surface area contributed by atoms with E-state index in [2.05, 4.69) is 25.3 Å². The lowest BCUT2D eigenvalue weighted by molar-refractivity contribution is 0.102. The van der Waals surface area contributed by atoms with Gasteiger partial charge >= 0.3 is 0 Å². The topological polar surface area (TPSA) is 80.0 Å². The van der Waals surface area contributed by atoms with E-state index < -0.39 is 0 Å². The normalized spacial score (nSPS) is 9.81. The molecule has 0 unspecified atom stereocenters. The number of pyridine rings is 1. The Labute approximate surface area is 91.7 Å². The number of anilines is 2. The largest absolute Gasteiger partial charge is 0.373 e. The summed E-state index contributed by atoms with van der Waals surface area (Å²) in [6.07, 6.45) is 2.95. The van der Waals surface area contributed by atoms with Crippen LogP contribution in [0.3, 0.4) is 0 Å². The third-order valence-electron chi connectivity index (χ3n) is 1.96. The maximum Gasteiger partial charge on any atom is 0.257 e. The number of rotatable bonds is 3. The summed E-state index contributed by atoms with van der Waals surface area (Å²) in [7, 11) is 1.74. The summed E-state index contributed by atoms with van der Waals surface area (Å²) in [5.74, 6) is 0.758. The lowest BCUT2D eigenvalue weighted by Gasteiger charge is -2.03. The highest BCUT2D eigenvalue weighted by Gasteiger charge is 2.08. The molecule has 0 atom stereocenters. The highest BCUT2D eigenvalue weighted by molar-refractivity contribution is 6.04. The number of hydrogen-bond donors (Lipinski definition) is 2. The number of hydrogen-bond acceptors (Lipinski definition) is 5. The Morgan fingerprint density at radius 3 is 2.94 bits per heavy atom. The maximum absolute atomic E-state index is 11.7. The van der Waals surface area contributed by atoms with Gasteiger partial charge < -0.3 is 15.2 Å². The van der Waals surface area contributed by atoms with Gasteiger partial charge in [0, 0.05) is 24.9 Å². The monoisotopic (exact) mass is 218 g/mol. The predicted molar refractivity (Wildman–Crippen MR) is 58.2 cm³/mol. The van der Waals surface area contributed by atoms with Gasteiger partial charge in [-0.2, -0.15) is 0 Å². The van der Waals surface area contributed by atoms with E-state index in [0.29, 0.717) is 17.2 Å². The van der Waals surface area contributed by atoms with Crippen molar-refractivity contribution in [2.24, 2.45) is 0 Å². The van der Waals surface area contributed by atoms with Gasteiger partial charge in [-0.15, -0.1) is 0 Å². The van der Waals surface area contributed by atoms with Gasteiger partial charge in [-0.3, -0.25) is 4.79 Å². The second-order valence-electron chi connectivity index (χ2n) is 3.02. The third kappa shape index (κ3) is 2.17. The first-order valence-electron chi connectivity index (χ1n) is 4.65. The molecule has 2 aromatic rings. The van der Waals surface area contributed by atoms with Gasteiger partial charge in [0.15, 0.2) is 5.82 Å². The summed E-state index contributed by atoms with van der Waals surface area (Å²) in [5, 5.41) is 9.03. The molecule has 0 fully saturated rings. The van der Waals surface area contributed by atoms with Crippen molar-refractivity contribution in [2.75, 3.05) is 17.7 Å². The smallest absolute Gasteiger partial charge is 0.257 e. The minimum atomic E-state index is -0.257. The van der Waals surface area contributed by atoms with Crippen LogP contribution in [0.4, 0.5) is 11.6 Å². The molecular formula is C10H10N4O2. The van der Waals surface area contributed by atoms with Crippen molar-refractivity contribution in [3.8, 4) is 0 Å². The number of nitrogens with zero attached hydrogens (tertiary/aromatic N) is 2. The molecule has 16 heavy (non-hydrogen) atoms. The van der Waals surface area contributed by atoms with Crippen LogP contribution in [0, 0.1) is 0 Å². The van der Waals surface area contributed by atoms with E-state index in [0.717, 1.165) is 0 Å². The van der Waals surface area contributed by atoms with E-state index in [4.69, 9.17) is 0 Å². The highest BCUT2D eigenvalue weighted by Crippen LogP contribution is 2.09. The molecule has 2 heterocycles. The molecule has 82 valence electrons. The Bertz CT molecular complexity index is 481. The van der Waals surface area contributed by atoms with E-state index in [1.807, 2.05) is 0 Å². The van der Waals surface area contributed by atoms with Crippen LogP contribution in [0.5, 0.6) is 0 Å². The fraction of sp³-hybridized carbons (Fsp3) is 0.100. The van der Waals surface area contributed by atoms with Gasteiger partial charge in [-0.25, -0.2) is 4.98 Å². The number of amides is 1. The molecule has 0 aliphatic rings. The van der Waals surface area contributed by atoms with Crippen LogP contribution >= 0.6 is 0 Å². The first kappa shape index (κ1) is 10.2. The molecule has 0 spiro atoms. The summed E-state index contributed by atoms with van der Waals surface area (Å²) in [6.45, 7) is 0. The zero-order valence-electron chi connectivity index (χ0n) is 8.60. The first-order chi connectivity index (χ1) is 7.79. The Balaban J connectivity index is 2.14. The van der Waals surface area contributed by atoms with Crippen LogP contribution in [-0.4, -0.2) is 23.1 Å². The molecule has 0 aromatic carbocycles. The van der Waals surface area contributed by atoms with Crippen molar-refractivity contribution in [1.82, 2.24) is 10.1 Å². The van der Waals surface area contributed by atoms with E-state index in [-0.39, 0.29) is 5.91 Å². The molecule has 2 rings (SSSR count). The fourth-order valence-electron chi connectivity index (χ4n) is 1.17. The van der Waals surface area contributed by atoms with Gasteiger partial charge in [-0.1, -0.05) is 5.16 Å². The van der Waals surface area contributed by atoms with Gasteiger partial charge in [-0.05, 0) is 12.1 Å². The highest BCUT2D eigenvalue weighted by atomic mass is 16.5. The van der Waals surface area contributed by atoms with Crippen molar-refractivity contribution >= 4 is 17.5 Å². The Hall–Kier alpha value is -2.37. The zero-order chi connectivity index (χ0) is 11.4. The molecule has 0 saturated carbocycles. The number of nitrogens with one attached hydrogen (secondary N) is 2. The molecule has 2 aromatic heterocycles. The summed E-state index contributed by atoms with van der Waals surface area (Å²) < 4.78 is 4.61. The van der Waals surface area contributed by atoms with E-state index >= 15 is 0 Å². The minimum Gasteiger partial charge on any atom is -0.373 e. The molecule has 1 amide bonds. The van der Waals surface area contributed by atoms with E-state index in [9.17, 15) is 4.79 Å². The average Bonchev–Trinajstić information content (AvgIpc) is 2.82. The Morgan fingerprint density at radius 2 is 2.25 bits per heavy atom. The van der Waals surface area contributed by atoms with Crippen LogP contribution in [0.15, 0.2) is 35.2 Å². The predicted octanol–water partition coefficient (Wildman–Crippen LogP) is 1.36. The molecule has 0 saturated heterocycles. The summed E-state index contributed by atoms with van der Waals surface area (Å²) in [5.41, 5.74) is 0.502. The van der Waals surface area contributed by atoms with Crippen LogP contribution in [-0.2, 0) is 0 Å². The van der Waals surface area contributed by atoms with Crippen LogP contribution in [0.25, 0.3) is 0 Å². The second-order valence-corrected chi connectivity index (χ2v) is 3.02. The summed E-state index contributed by atoms with van der Waals surface area (Å²) in [6, 6.07) is 4.84. The van der Waals surface area contributed by atoms with E-state index in [1.165, 1.54) is 6.26 Å². The Morgan fingerprint density at radius 1 is 1.38 bits per heavy atom. The molecule has 6 nitrogen and oxygen atoms in total. The first-order valence-corrected chi connectivity index (χ1v) is 4.65. The van der Waals surface area contributed by atoms with Crippen LogP contribution in [0.1, 0.15) is 10.4 Å². The van der Waals surface area contributed by atoms with Crippen molar-refractivity contribution in [3.63, 3.8) is 0 Å². The molecule has 0 aliphatic carbocycles. The average molecular weight is 218 g/mol. The number of aromatic nitrogens is 2. The molecule has 0 bridgehead atoms. The van der Waals surface area contributed by atoms with Crippen molar-refractivity contribution < 1.29 is 9.32 Å². The molecule has 0 radical (unpaired) electrons. The lowest BCUT2D eigenvalue weighted by atomic mass is 10.2. The lowest BCUT2D eigenvalue weighted by Crippen LogP contribution is -2.12. The minimum absolute atomic E-state index is 0.257. The van der Waals surface area contributed by atoms with Crippen molar-refractivity contribution in [3.05, 3.63) is 36.2 Å². The molecular weight excluding hydrogens is 208 g/mol. The van der Waals surface area contributed by atoms with Gasteiger partial charge in [0.1, 0.15) is 12.1 Å². The van der Waals surface area contributed by atoms with Crippen LogP contribution in [0.2, 0.25) is 0 Å². The molecule has 6 heteroatoms. The second kappa shape index (κ2) is 4.43. The summed E-state index contributed by atoms with van der Waals surface area (Å²) in [4.78, 5) is 15.7. The Kier molecular flexibility index (Phi) is 2.81. The van der Waals surface area contributed by atoms with Gasteiger partial charge in [0.05, 0.1) is 0 Å². The maximum atomic E-state index is 11.7. The summed E-state index contributed by atoms with van der Waals surface area (Å²) >= 11 is 0. The fourth-order valence-corrected chi connectivity index (χ4v) is 1.17. The van der Waals surface area contributed by atoms with Crippen LogP contribution < -0.4 is 10.6 Å². The zero-order valence-corrected chi connectivity index (χ0v) is 8.60. The third-order valence-corrected chi connectivity index (χ3v) is 1.96. The number of carbonyl (C=O) groups excluding carboxylic acids is 1. The standard InChI is InChI=1S/C10H10N4O2/c1-11-9-6-7(2-4-12-9)10(15)13-8-3-5-16-14-8/h2-6H,1H3,(H,11,12)(H,13,14,15). The molecule has 0 aliphatic heterocycles. The molecule has 2 N–H and O–H groups in total. The number of carbonyl (C=O) groups is 1. The van der Waals surface area contributed by atoms with E-state index in [1.54, 1.807) is 31.4 Å². The van der Waals surface area contributed by atoms with Crippen molar-refractivity contribution in [1.29, 1.82) is 0 Å². The quantitative estimate of drug-likeness (QED) is 0.813. The SMILES string of the molecule is CNc1cc(C(=O)Nc2ccon2)ccn1. The van der Waals surface area contributed by atoms with Gasteiger partial charge in [0.2, 0.25) is 0 Å².